The molecule has 0 N–H and O–H groups in total. The van der Waals surface area contributed by atoms with Crippen LogP contribution in [0.1, 0.15) is 21.5 Å². The molecule has 1 aliphatic rings. The lowest BCUT2D eigenvalue weighted by molar-refractivity contribution is -0.116. The van der Waals surface area contributed by atoms with Gasteiger partial charge in [-0.15, -0.1) is 11.8 Å². The largest absolute Gasteiger partial charge is 0.306 e. The summed E-state index contributed by atoms with van der Waals surface area (Å²) in [6.07, 6.45) is 0.835. The van der Waals surface area contributed by atoms with Crippen molar-refractivity contribution < 1.29 is 9.59 Å². The summed E-state index contributed by atoms with van der Waals surface area (Å²) in [5, 5.41) is 0. The Kier molecular flexibility index (Phi) is 3.80. The number of amides is 1. The van der Waals surface area contributed by atoms with Crippen molar-refractivity contribution >= 4 is 29.6 Å². The van der Waals surface area contributed by atoms with Crippen LogP contribution in [0.3, 0.4) is 0 Å². The van der Waals surface area contributed by atoms with Gasteiger partial charge in [-0.05, 0) is 30.7 Å². The lowest BCUT2D eigenvalue weighted by Gasteiger charge is -2.29. The zero-order valence-electron chi connectivity index (χ0n) is 11.7. The van der Waals surface area contributed by atoms with E-state index in [1.165, 1.54) is 17.3 Å². The average Bonchev–Trinajstić information content (AvgIpc) is 2.51. The number of carbonyl (C=O) groups excluding carboxylic acids is 2. The fourth-order valence-electron chi connectivity index (χ4n) is 2.34. The normalized spacial score (nSPS) is 14.0. The van der Waals surface area contributed by atoms with E-state index in [0.29, 0.717) is 17.9 Å². The van der Waals surface area contributed by atoms with Gasteiger partial charge in [-0.2, -0.15) is 0 Å². The number of rotatable bonds is 3. The molecule has 0 aliphatic carbocycles. The van der Waals surface area contributed by atoms with E-state index in [1.807, 2.05) is 31.2 Å². The number of thioether (sulfide) groups is 1. The van der Waals surface area contributed by atoms with E-state index in [-0.39, 0.29) is 5.91 Å². The number of carbonyl (C=O) groups is 2. The van der Waals surface area contributed by atoms with Gasteiger partial charge >= 0.3 is 0 Å². The van der Waals surface area contributed by atoms with Crippen LogP contribution in [0.5, 0.6) is 0 Å². The number of aldehydes is 1. The number of hydrogen-bond acceptors (Lipinski definition) is 3. The molecule has 0 fully saturated rings. The van der Waals surface area contributed by atoms with Crippen LogP contribution in [0.2, 0.25) is 0 Å². The van der Waals surface area contributed by atoms with E-state index in [4.69, 9.17) is 0 Å². The Labute approximate surface area is 128 Å². The second-order valence-electron chi connectivity index (χ2n) is 5.10. The topological polar surface area (TPSA) is 37.4 Å². The first-order chi connectivity index (χ1) is 10.2. The Morgan fingerprint density at radius 1 is 1.19 bits per heavy atom. The van der Waals surface area contributed by atoms with Crippen LogP contribution >= 0.6 is 11.8 Å². The summed E-state index contributed by atoms with van der Waals surface area (Å²) < 4.78 is 0. The quantitative estimate of drug-likeness (QED) is 0.814. The summed E-state index contributed by atoms with van der Waals surface area (Å²) in [5.41, 5.74) is 3.84. The maximum atomic E-state index is 12.2. The minimum Gasteiger partial charge on any atom is -0.306 e. The Morgan fingerprint density at radius 2 is 1.95 bits per heavy atom. The van der Waals surface area contributed by atoms with Crippen LogP contribution in [0, 0.1) is 6.92 Å². The van der Waals surface area contributed by atoms with Gasteiger partial charge in [0.15, 0.2) is 0 Å². The van der Waals surface area contributed by atoms with E-state index in [0.717, 1.165) is 22.4 Å². The second-order valence-corrected chi connectivity index (χ2v) is 6.12. The summed E-state index contributed by atoms with van der Waals surface area (Å²) in [4.78, 5) is 25.9. The third kappa shape index (κ3) is 2.85. The van der Waals surface area contributed by atoms with Gasteiger partial charge in [0.1, 0.15) is 6.29 Å². The van der Waals surface area contributed by atoms with Crippen molar-refractivity contribution in [3.63, 3.8) is 0 Å². The predicted octanol–water partition coefficient (Wildman–Crippen LogP) is 3.45. The number of benzene rings is 2. The third-order valence-corrected chi connectivity index (χ3v) is 4.55. The minimum atomic E-state index is 0.104. The maximum Gasteiger partial charge on any atom is 0.237 e. The molecular weight excluding hydrogens is 282 g/mol. The highest BCUT2D eigenvalue weighted by Crippen LogP contribution is 2.36. The molecule has 0 bridgehead atoms. The van der Waals surface area contributed by atoms with E-state index in [2.05, 4.69) is 12.1 Å². The first kappa shape index (κ1) is 13.9. The molecule has 1 aliphatic heterocycles. The van der Waals surface area contributed by atoms with Gasteiger partial charge < -0.3 is 4.90 Å². The van der Waals surface area contributed by atoms with Gasteiger partial charge in [0, 0.05) is 10.5 Å². The summed E-state index contributed by atoms with van der Waals surface area (Å²) in [6.45, 7) is 2.61. The fraction of sp³-hybridized carbons (Fsp3) is 0.176. The minimum absolute atomic E-state index is 0.104. The average molecular weight is 297 g/mol. The van der Waals surface area contributed by atoms with Gasteiger partial charge in [-0.1, -0.05) is 29.8 Å². The summed E-state index contributed by atoms with van der Waals surface area (Å²) in [5.74, 6) is 0.521. The molecule has 1 amide bonds. The maximum absolute atomic E-state index is 12.2. The molecule has 0 saturated carbocycles. The van der Waals surface area contributed by atoms with Gasteiger partial charge in [0.25, 0.3) is 0 Å². The van der Waals surface area contributed by atoms with Crippen molar-refractivity contribution in [3.05, 3.63) is 59.2 Å². The summed E-state index contributed by atoms with van der Waals surface area (Å²) >= 11 is 1.49. The summed E-state index contributed by atoms with van der Waals surface area (Å²) in [6, 6.07) is 13.7. The predicted molar refractivity (Wildman–Crippen MR) is 84.9 cm³/mol. The number of hydrogen-bond donors (Lipinski definition) is 0. The Balaban J connectivity index is 1.93. The molecule has 1 heterocycles. The monoisotopic (exact) mass is 297 g/mol. The smallest absolute Gasteiger partial charge is 0.237 e. The van der Waals surface area contributed by atoms with E-state index >= 15 is 0 Å². The van der Waals surface area contributed by atoms with E-state index < -0.39 is 0 Å². The van der Waals surface area contributed by atoms with Crippen molar-refractivity contribution in [2.75, 3.05) is 10.7 Å². The highest BCUT2D eigenvalue weighted by atomic mass is 32.2. The zero-order valence-corrected chi connectivity index (χ0v) is 12.5. The number of anilines is 1. The molecule has 2 aromatic rings. The van der Waals surface area contributed by atoms with Crippen LogP contribution in [0.4, 0.5) is 5.69 Å². The van der Waals surface area contributed by atoms with Crippen LogP contribution in [-0.4, -0.2) is 17.9 Å². The molecule has 106 valence electrons. The van der Waals surface area contributed by atoms with Gasteiger partial charge in [0.2, 0.25) is 5.91 Å². The van der Waals surface area contributed by atoms with E-state index in [9.17, 15) is 9.59 Å². The van der Waals surface area contributed by atoms with Gasteiger partial charge in [-0.25, -0.2) is 0 Å². The second kappa shape index (κ2) is 5.74. The lowest BCUT2D eigenvalue weighted by Crippen LogP contribution is -2.34. The zero-order chi connectivity index (χ0) is 14.8. The molecule has 0 aromatic heterocycles. The molecule has 21 heavy (non-hydrogen) atoms. The molecule has 0 saturated heterocycles. The van der Waals surface area contributed by atoms with Crippen molar-refractivity contribution in [1.82, 2.24) is 0 Å². The van der Waals surface area contributed by atoms with Crippen molar-refractivity contribution in [3.8, 4) is 0 Å². The highest BCUT2D eigenvalue weighted by molar-refractivity contribution is 8.00. The molecule has 0 unspecified atom stereocenters. The summed E-state index contributed by atoms with van der Waals surface area (Å²) in [7, 11) is 0. The molecular formula is C17H15NO2S. The van der Waals surface area contributed by atoms with Gasteiger partial charge in [0.05, 0.1) is 18.0 Å². The molecule has 0 spiro atoms. The Bertz CT molecular complexity index is 694. The lowest BCUT2D eigenvalue weighted by atomic mass is 10.1. The third-order valence-electron chi connectivity index (χ3n) is 3.52. The number of fused-ring (bicyclic) bond motifs is 1. The highest BCUT2D eigenvalue weighted by Gasteiger charge is 2.24. The van der Waals surface area contributed by atoms with Crippen LogP contribution in [0.25, 0.3) is 0 Å². The van der Waals surface area contributed by atoms with Crippen LogP contribution < -0.4 is 4.90 Å². The molecule has 3 rings (SSSR count). The van der Waals surface area contributed by atoms with Crippen LogP contribution in [0.15, 0.2) is 47.4 Å². The molecule has 0 radical (unpaired) electrons. The SMILES string of the molecule is Cc1ccc(CN2C(=O)CSc3cc(C=O)ccc32)cc1. The standard InChI is InChI=1S/C17H15NO2S/c1-12-2-4-13(5-3-12)9-18-15-7-6-14(10-19)8-16(15)21-11-17(18)20/h2-8,10H,9,11H2,1H3. The Morgan fingerprint density at radius 3 is 2.67 bits per heavy atom. The van der Waals surface area contributed by atoms with Crippen molar-refractivity contribution in [1.29, 1.82) is 0 Å². The molecule has 4 heteroatoms. The molecule has 2 aromatic carbocycles. The van der Waals surface area contributed by atoms with E-state index in [1.54, 1.807) is 11.0 Å². The van der Waals surface area contributed by atoms with Crippen LogP contribution in [-0.2, 0) is 11.3 Å². The Hall–Kier alpha value is -2.07. The first-order valence-corrected chi connectivity index (χ1v) is 7.74. The number of aryl methyl sites for hydroxylation is 1. The fourth-order valence-corrected chi connectivity index (χ4v) is 3.32. The first-order valence-electron chi connectivity index (χ1n) is 6.75. The van der Waals surface area contributed by atoms with Gasteiger partial charge in [-0.3, -0.25) is 9.59 Å². The molecule has 0 atom stereocenters. The van der Waals surface area contributed by atoms with Crippen molar-refractivity contribution in [2.24, 2.45) is 0 Å². The van der Waals surface area contributed by atoms with Crippen molar-refractivity contribution in [2.45, 2.75) is 18.4 Å². The number of nitrogens with zero attached hydrogens (tertiary/aromatic N) is 1. The molecule has 3 nitrogen and oxygen atoms in total.